The molecule has 22 heavy (non-hydrogen) atoms. The normalized spacial score (nSPS) is 12.0. The second kappa shape index (κ2) is 7.03. The molecular weight excluding hydrogens is 323 g/mol. The number of ether oxygens (including phenoxy) is 1. The summed E-state index contributed by atoms with van der Waals surface area (Å²) in [6.07, 6.45) is -0.754. The lowest BCUT2D eigenvalue weighted by Crippen LogP contribution is -2.29. The highest BCUT2D eigenvalue weighted by Crippen LogP contribution is 2.23. The average molecular weight is 339 g/mol. The standard InChI is InChI=1S/C17H16Cl2O3/c1-10-3-4-12(8-15(10)19)9-16(17(20)21)22-13-5-6-14(18)11(2)7-13/h3-8,16H,9H2,1-2H3,(H,20,21)/t16-/m1/s1. The molecule has 2 aromatic rings. The maximum absolute atomic E-state index is 11.4. The van der Waals surface area contributed by atoms with E-state index >= 15 is 0 Å². The predicted octanol–water partition coefficient (Wildman–Crippen LogP) is 4.68. The molecule has 5 heteroatoms. The molecule has 0 amide bonds. The summed E-state index contributed by atoms with van der Waals surface area (Å²) in [7, 11) is 0. The summed E-state index contributed by atoms with van der Waals surface area (Å²) in [6.45, 7) is 3.73. The molecule has 0 fully saturated rings. The summed E-state index contributed by atoms with van der Waals surface area (Å²) in [5.41, 5.74) is 2.60. The van der Waals surface area contributed by atoms with Gasteiger partial charge in [-0.15, -0.1) is 0 Å². The predicted molar refractivity (Wildman–Crippen MR) is 88.1 cm³/mol. The first-order valence-corrected chi connectivity index (χ1v) is 7.53. The first-order chi connectivity index (χ1) is 10.4. The van der Waals surface area contributed by atoms with Crippen LogP contribution in [0.4, 0.5) is 0 Å². The molecule has 0 bridgehead atoms. The van der Waals surface area contributed by atoms with Crippen molar-refractivity contribution in [1.29, 1.82) is 0 Å². The van der Waals surface area contributed by atoms with Crippen molar-refractivity contribution in [3.8, 4) is 5.75 Å². The van der Waals surface area contributed by atoms with E-state index in [0.29, 0.717) is 15.8 Å². The minimum atomic E-state index is -1.02. The van der Waals surface area contributed by atoms with Crippen molar-refractivity contribution in [2.45, 2.75) is 26.4 Å². The van der Waals surface area contributed by atoms with Crippen LogP contribution in [0.3, 0.4) is 0 Å². The van der Waals surface area contributed by atoms with Crippen LogP contribution < -0.4 is 4.74 Å². The van der Waals surface area contributed by atoms with E-state index in [4.69, 9.17) is 27.9 Å². The first-order valence-electron chi connectivity index (χ1n) is 6.77. The van der Waals surface area contributed by atoms with Crippen LogP contribution in [0.15, 0.2) is 36.4 Å². The molecule has 2 aromatic carbocycles. The van der Waals surface area contributed by atoms with Gasteiger partial charge in [0.2, 0.25) is 0 Å². The van der Waals surface area contributed by atoms with Gasteiger partial charge in [-0.25, -0.2) is 4.79 Å². The maximum Gasteiger partial charge on any atom is 0.345 e. The van der Waals surface area contributed by atoms with Gasteiger partial charge in [-0.3, -0.25) is 0 Å². The van der Waals surface area contributed by atoms with Crippen molar-refractivity contribution in [2.75, 3.05) is 0 Å². The summed E-state index contributed by atoms with van der Waals surface area (Å²) < 4.78 is 5.58. The van der Waals surface area contributed by atoms with Gasteiger partial charge in [-0.1, -0.05) is 35.3 Å². The molecule has 0 heterocycles. The van der Waals surface area contributed by atoms with Gasteiger partial charge in [0.05, 0.1) is 0 Å². The van der Waals surface area contributed by atoms with Crippen molar-refractivity contribution in [1.82, 2.24) is 0 Å². The minimum Gasteiger partial charge on any atom is -0.478 e. The third-order valence-electron chi connectivity index (χ3n) is 3.34. The third-order valence-corrected chi connectivity index (χ3v) is 4.17. The Morgan fingerprint density at radius 2 is 1.82 bits per heavy atom. The van der Waals surface area contributed by atoms with Crippen LogP contribution >= 0.6 is 23.2 Å². The molecule has 0 saturated heterocycles. The molecule has 1 atom stereocenters. The van der Waals surface area contributed by atoms with Gasteiger partial charge in [0.15, 0.2) is 6.10 Å². The monoisotopic (exact) mass is 338 g/mol. The largest absolute Gasteiger partial charge is 0.478 e. The molecule has 1 N–H and O–H groups in total. The lowest BCUT2D eigenvalue weighted by Gasteiger charge is -2.16. The number of aryl methyl sites for hydroxylation is 2. The smallest absolute Gasteiger partial charge is 0.345 e. The van der Waals surface area contributed by atoms with Gasteiger partial charge in [-0.05, 0) is 54.8 Å². The Kier molecular flexibility index (Phi) is 5.33. The van der Waals surface area contributed by atoms with E-state index in [0.717, 1.165) is 16.7 Å². The summed E-state index contributed by atoms with van der Waals surface area (Å²) in [4.78, 5) is 11.4. The molecule has 0 unspecified atom stereocenters. The van der Waals surface area contributed by atoms with Crippen LogP contribution in [-0.4, -0.2) is 17.2 Å². The summed E-state index contributed by atoms with van der Waals surface area (Å²) >= 11 is 12.0. The Balaban J connectivity index is 2.17. The molecule has 0 aromatic heterocycles. The SMILES string of the molecule is Cc1cc(O[C@H](Cc2ccc(C)c(Cl)c2)C(=O)O)ccc1Cl. The second-order valence-corrected chi connectivity index (χ2v) is 5.96. The van der Waals surface area contributed by atoms with E-state index in [1.165, 1.54) is 0 Å². The van der Waals surface area contributed by atoms with Gasteiger partial charge < -0.3 is 9.84 Å². The van der Waals surface area contributed by atoms with Crippen LogP contribution in [0.2, 0.25) is 10.0 Å². The topological polar surface area (TPSA) is 46.5 Å². The van der Waals surface area contributed by atoms with E-state index in [1.807, 2.05) is 26.0 Å². The highest BCUT2D eigenvalue weighted by molar-refractivity contribution is 6.31. The van der Waals surface area contributed by atoms with Gasteiger partial charge >= 0.3 is 5.97 Å². The molecule has 0 saturated carbocycles. The van der Waals surface area contributed by atoms with E-state index in [9.17, 15) is 9.90 Å². The minimum absolute atomic E-state index is 0.233. The van der Waals surface area contributed by atoms with E-state index in [-0.39, 0.29) is 6.42 Å². The molecule has 0 aliphatic heterocycles. The van der Waals surface area contributed by atoms with Crippen molar-refractivity contribution >= 4 is 29.2 Å². The van der Waals surface area contributed by atoms with Gasteiger partial charge in [0.1, 0.15) is 5.75 Å². The quantitative estimate of drug-likeness (QED) is 0.860. The summed E-state index contributed by atoms with van der Waals surface area (Å²) in [5, 5.41) is 10.6. The fourth-order valence-corrected chi connectivity index (χ4v) is 2.33. The average Bonchev–Trinajstić information content (AvgIpc) is 2.46. The number of carboxylic acid groups (broad SMARTS) is 1. The Labute approximate surface area is 139 Å². The Bertz CT molecular complexity index is 645. The fourth-order valence-electron chi connectivity index (χ4n) is 2.01. The van der Waals surface area contributed by atoms with Gasteiger partial charge in [0.25, 0.3) is 0 Å². The van der Waals surface area contributed by atoms with Crippen LogP contribution in [0.1, 0.15) is 16.7 Å². The van der Waals surface area contributed by atoms with Crippen molar-refractivity contribution in [2.24, 2.45) is 0 Å². The molecule has 0 aliphatic carbocycles. The Morgan fingerprint density at radius 3 is 2.41 bits per heavy atom. The lowest BCUT2D eigenvalue weighted by molar-refractivity contribution is -0.145. The third kappa shape index (κ3) is 4.15. The molecule has 0 radical (unpaired) electrons. The van der Waals surface area contributed by atoms with E-state index in [2.05, 4.69) is 0 Å². The number of halogens is 2. The zero-order valence-electron chi connectivity index (χ0n) is 12.3. The number of aliphatic carboxylic acids is 1. The van der Waals surface area contributed by atoms with Gasteiger partial charge in [0, 0.05) is 16.5 Å². The highest BCUT2D eigenvalue weighted by Gasteiger charge is 2.20. The number of benzene rings is 2. The lowest BCUT2D eigenvalue weighted by atomic mass is 10.1. The zero-order chi connectivity index (χ0) is 16.3. The summed E-state index contributed by atoms with van der Waals surface area (Å²) in [6, 6.07) is 10.6. The molecule has 116 valence electrons. The fraction of sp³-hybridized carbons (Fsp3) is 0.235. The molecule has 3 nitrogen and oxygen atoms in total. The molecule has 0 aliphatic rings. The Hall–Kier alpha value is -1.71. The number of hydrogen-bond donors (Lipinski definition) is 1. The zero-order valence-corrected chi connectivity index (χ0v) is 13.8. The van der Waals surface area contributed by atoms with Crippen LogP contribution in [0, 0.1) is 13.8 Å². The number of rotatable bonds is 5. The van der Waals surface area contributed by atoms with Gasteiger partial charge in [-0.2, -0.15) is 0 Å². The molecule has 2 rings (SSSR count). The summed E-state index contributed by atoms with van der Waals surface area (Å²) in [5.74, 6) is -0.545. The van der Waals surface area contributed by atoms with Crippen LogP contribution in [0.5, 0.6) is 5.75 Å². The second-order valence-electron chi connectivity index (χ2n) is 5.14. The maximum atomic E-state index is 11.4. The van der Waals surface area contributed by atoms with Crippen molar-refractivity contribution in [3.05, 3.63) is 63.1 Å². The van der Waals surface area contributed by atoms with Crippen LogP contribution in [0.25, 0.3) is 0 Å². The van der Waals surface area contributed by atoms with Crippen molar-refractivity contribution in [3.63, 3.8) is 0 Å². The number of carboxylic acids is 1. The molecular formula is C17H16Cl2O3. The Morgan fingerprint density at radius 1 is 1.09 bits per heavy atom. The highest BCUT2D eigenvalue weighted by atomic mass is 35.5. The number of hydrogen-bond acceptors (Lipinski definition) is 2. The van der Waals surface area contributed by atoms with Crippen LogP contribution in [-0.2, 0) is 11.2 Å². The van der Waals surface area contributed by atoms with E-state index in [1.54, 1.807) is 24.3 Å². The molecule has 0 spiro atoms. The first kappa shape index (κ1) is 16.7. The van der Waals surface area contributed by atoms with E-state index < -0.39 is 12.1 Å². The number of carbonyl (C=O) groups is 1. The van der Waals surface area contributed by atoms with Crippen molar-refractivity contribution < 1.29 is 14.6 Å².